The maximum absolute atomic E-state index is 12.3. The van der Waals surface area contributed by atoms with Gasteiger partial charge in [0.05, 0.1) is 0 Å². The van der Waals surface area contributed by atoms with E-state index in [4.69, 9.17) is 5.73 Å². The van der Waals surface area contributed by atoms with Crippen LogP contribution in [0, 0.1) is 11.8 Å². The van der Waals surface area contributed by atoms with E-state index in [0.29, 0.717) is 18.6 Å². The van der Waals surface area contributed by atoms with Crippen molar-refractivity contribution in [3.8, 4) is 0 Å². The second kappa shape index (κ2) is 6.05. The highest BCUT2D eigenvalue weighted by Gasteiger charge is 2.43. The summed E-state index contributed by atoms with van der Waals surface area (Å²) in [4.78, 5) is 14.4. The SMILES string of the molecule is CC(CN)C(=O)N1C(C)CC2CCCCC21.Cl. The van der Waals surface area contributed by atoms with E-state index in [0.717, 1.165) is 5.92 Å². The van der Waals surface area contributed by atoms with E-state index >= 15 is 0 Å². The van der Waals surface area contributed by atoms with E-state index in [1.165, 1.54) is 32.1 Å². The Morgan fingerprint density at radius 2 is 2.06 bits per heavy atom. The number of amides is 1. The van der Waals surface area contributed by atoms with Crippen LogP contribution < -0.4 is 5.73 Å². The van der Waals surface area contributed by atoms with E-state index in [-0.39, 0.29) is 24.2 Å². The van der Waals surface area contributed by atoms with Gasteiger partial charge in [0.2, 0.25) is 5.91 Å². The summed E-state index contributed by atoms with van der Waals surface area (Å²) in [5, 5.41) is 0. The normalized spacial score (nSPS) is 33.8. The third-order valence-electron chi connectivity index (χ3n) is 4.37. The van der Waals surface area contributed by atoms with Gasteiger partial charge in [0.1, 0.15) is 0 Å². The first-order valence-electron chi connectivity index (χ1n) is 6.67. The van der Waals surface area contributed by atoms with Gasteiger partial charge in [0.15, 0.2) is 0 Å². The molecule has 2 N–H and O–H groups in total. The van der Waals surface area contributed by atoms with Gasteiger partial charge in [-0.3, -0.25) is 4.79 Å². The van der Waals surface area contributed by atoms with Crippen LogP contribution in [0.2, 0.25) is 0 Å². The number of hydrogen-bond donors (Lipinski definition) is 1. The Hall–Kier alpha value is -0.280. The number of carbonyl (C=O) groups excluding carboxylic acids is 1. The van der Waals surface area contributed by atoms with Crippen molar-refractivity contribution < 1.29 is 4.79 Å². The van der Waals surface area contributed by atoms with Crippen LogP contribution in [0.25, 0.3) is 0 Å². The van der Waals surface area contributed by atoms with Crippen LogP contribution >= 0.6 is 12.4 Å². The largest absolute Gasteiger partial charge is 0.336 e. The number of carbonyl (C=O) groups is 1. The van der Waals surface area contributed by atoms with Crippen molar-refractivity contribution in [2.45, 2.75) is 58.0 Å². The summed E-state index contributed by atoms with van der Waals surface area (Å²) < 4.78 is 0. The fraction of sp³-hybridized carbons (Fsp3) is 0.923. The molecule has 1 amide bonds. The quantitative estimate of drug-likeness (QED) is 0.827. The van der Waals surface area contributed by atoms with E-state index in [1.807, 2.05) is 6.92 Å². The van der Waals surface area contributed by atoms with Gasteiger partial charge >= 0.3 is 0 Å². The number of rotatable bonds is 2. The van der Waals surface area contributed by atoms with Gasteiger partial charge in [0, 0.05) is 24.5 Å². The molecular weight excluding hydrogens is 236 g/mol. The first kappa shape index (κ1) is 14.8. The molecule has 1 saturated carbocycles. The summed E-state index contributed by atoms with van der Waals surface area (Å²) >= 11 is 0. The number of halogens is 1. The lowest BCUT2D eigenvalue weighted by Gasteiger charge is -2.34. The molecule has 0 aromatic carbocycles. The molecule has 3 nitrogen and oxygen atoms in total. The average molecular weight is 261 g/mol. The van der Waals surface area contributed by atoms with Crippen LogP contribution in [0.15, 0.2) is 0 Å². The molecule has 2 aliphatic rings. The summed E-state index contributed by atoms with van der Waals surface area (Å²) in [5.74, 6) is 1.03. The molecule has 0 spiro atoms. The highest BCUT2D eigenvalue weighted by atomic mass is 35.5. The monoisotopic (exact) mass is 260 g/mol. The average Bonchev–Trinajstić information content (AvgIpc) is 2.63. The minimum atomic E-state index is -0.0110. The summed E-state index contributed by atoms with van der Waals surface area (Å²) in [5.41, 5.74) is 5.61. The fourth-order valence-electron chi connectivity index (χ4n) is 3.44. The third-order valence-corrected chi connectivity index (χ3v) is 4.37. The van der Waals surface area contributed by atoms with E-state index in [2.05, 4.69) is 11.8 Å². The lowest BCUT2D eigenvalue weighted by atomic mass is 9.84. The third kappa shape index (κ3) is 2.76. The highest BCUT2D eigenvalue weighted by molar-refractivity contribution is 5.85. The van der Waals surface area contributed by atoms with E-state index in [9.17, 15) is 4.79 Å². The molecular formula is C13H25ClN2O. The molecule has 1 heterocycles. The molecule has 0 aromatic rings. The van der Waals surface area contributed by atoms with Gasteiger partial charge < -0.3 is 10.6 Å². The molecule has 17 heavy (non-hydrogen) atoms. The van der Waals surface area contributed by atoms with Crippen molar-refractivity contribution in [1.82, 2.24) is 4.90 Å². The fourth-order valence-corrected chi connectivity index (χ4v) is 3.44. The number of hydrogen-bond acceptors (Lipinski definition) is 2. The Morgan fingerprint density at radius 1 is 1.41 bits per heavy atom. The lowest BCUT2D eigenvalue weighted by Crippen LogP contribution is -2.46. The second-order valence-corrected chi connectivity index (χ2v) is 5.58. The van der Waals surface area contributed by atoms with Gasteiger partial charge in [-0.1, -0.05) is 19.8 Å². The summed E-state index contributed by atoms with van der Waals surface area (Å²) in [6.45, 7) is 4.62. The molecule has 1 saturated heterocycles. The zero-order chi connectivity index (χ0) is 11.7. The number of nitrogens with zero attached hydrogens (tertiary/aromatic N) is 1. The smallest absolute Gasteiger partial charge is 0.227 e. The molecule has 0 aromatic heterocycles. The van der Waals surface area contributed by atoms with E-state index < -0.39 is 0 Å². The molecule has 4 unspecified atom stereocenters. The van der Waals surface area contributed by atoms with Crippen molar-refractivity contribution in [2.24, 2.45) is 17.6 Å². The maximum Gasteiger partial charge on any atom is 0.227 e. The molecule has 2 fully saturated rings. The second-order valence-electron chi connectivity index (χ2n) is 5.58. The first-order valence-corrected chi connectivity index (χ1v) is 6.67. The zero-order valence-corrected chi connectivity index (χ0v) is 11.7. The Kier molecular flexibility index (Phi) is 5.26. The van der Waals surface area contributed by atoms with Crippen molar-refractivity contribution >= 4 is 18.3 Å². The molecule has 100 valence electrons. The van der Waals surface area contributed by atoms with Crippen LogP contribution in [0.5, 0.6) is 0 Å². The molecule has 4 atom stereocenters. The number of fused-ring (bicyclic) bond motifs is 1. The Bertz CT molecular complexity index is 272. The van der Waals surface area contributed by atoms with Crippen LogP contribution in [0.3, 0.4) is 0 Å². The van der Waals surface area contributed by atoms with Crippen LogP contribution in [-0.4, -0.2) is 29.4 Å². The summed E-state index contributed by atoms with van der Waals surface area (Å²) in [6.07, 6.45) is 6.36. The predicted octanol–water partition coefficient (Wildman–Crippen LogP) is 2.18. The highest BCUT2D eigenvalue weighted by Crippen LogP contribution is 2.40. The van der Waals surface area contributed by atoms with Gasteiger partial charge in [0.25, 0.3) is 0 Å². The van der Waals surface area contributed by atoms with E-state index in [1.54, 1.807) is 0 Å². The van der Waals surface area contributed by atoms with Crippen molar-refractivity contribution in [3.63, 3.8) is 0 Å². The van der Waals surface area contributed by atoms with Crippen molar-refractivity contribution in [1.29, 1.82) is 0 Å². The first-order chi connectivity index (χ1) is 7.65. The lowest BCUT2D eigenvalue weighted by molar-refractivity contribution is -0.138. The number of nitrogens with two attached hydrogens (primary N) is 1. The van der Waals surface area contributed by atoms with Crippen LogP contribution in [0.1, 0.15) is 46.0 Å². The molecule has 0 bridgehead atoms. The van der Waals surface area contributed by atoms with Gasteiger partial charge in [-0.15, -0.1) is 12.4 Å². The Labute approximate surface area is 111 Å². The van der Waals surface area contributed by atoms with Crippen LogP contribution in [-0.2, 0) is 4.79 Å². The minimum absolute atomic E-state index is 0. The van der Waals surface area contributed by atoms with Crippen LogP contribution in [0.4, 0.5) is 0 Å². The van der Waals surface area contributed by atoms with Crippen molar-refractivity contribution in [2.75, 3.05) is 6.54 Å². The van der Waals surface area contributed by atoms with Gasteiger partial charge in [-0.2, -0.15) is 0 Å². The standard InChI is InChI=1S/C13H24N2O.ClH/c1-9(8-14)13(16)15-10(2)7-11-5-3-4-6-12(11)15;/h9-12H,3-8,14H2,1-2H3;1H. The number of likely N-dealkylation sites (tertiary alicyclic amines) is 1. The molecule has 1 aliphatic heterocycles. The Morgan fingerprint density at radius 3 is 2.71 bits per heavy atom. The molecule has 0 radical (unpaired) electrons. The van der Waals surface area contributed by atoms with Gasteiger partial charge in [-0.05, 0) is 32.1 Å². The van der Waals surface area contributed by atoms with Crippen molar-refractivity contribution in [3.05, 3.63) is 0 Å². The Balaban J connectivity index is 0.00000144. The maximum atomic E-state index is 12.3. The molecule has 2 rings (SSSR count). The summed E-state index contributed by atoms with van der Waals surface area (Å²) in [6, 6.07) is 0.944. The molecule has 4 heteroatoms. The van der Waals surface area contributed by atoms with Gasteiger partial charge in [-0.25, -0.2) is 0 Å². The topological polar surface area (TPSA) is 46.3 Å². The minimum Gasteiger partial charge on any atom is -0.336 e. The summed E-state index contributed by atoms with van der Waals surface area (Å²) in [7, 11) is 0. The molecule has 1 aliphatic carbocycles. The predicted molar refractivity (Wildman–Crippen MR) is 72.1 cm³/mol. The zero-order valence-electron chi connectivity index (χ0n) is 10.9.